The number of rotatable bonds is 6. The number of ketones is 1. The minimum atomic E-state index is -0.728. The van der Waals surface area contributed by atoms with Gasteiger partial charge in [-0.3, -0.25) is 9.59 Å². The van der Waals surface area contributed by atoms with Crippen molar-refractivity contribution in [1.29, 1.82) is 0 Å². The summed E-state index contributed by atoms with van der Waals surface area (Å²) in [5.41, 5.74) is 0.405. The summed E-state index contributed by atoms with van der Waals surface area (Å²) >= 11 is 0. The van der Waals surface area contributed by atoms with Gasteiger partial charge in [0.1, 0.15) is 0 Å². The van der Waals surface area contributed by atoms with Crippen molar-refractivity contribution >= 4 is 11.7 Å². The molecule has 0 saturated heterocycles. The first-order valence-corrected chi connectivity index (χ1v) is 6.34. The minimum Gasteiger partial charge on any atom is -0.344 e. The van der Waals surface area contributed by atoms with Gasteiger partial charge in [0.2, 0.25) is 5.91 Å². The Kier molecular flexibility index (Phi) is 5.08. The fourth-order valence-corrected chi connectivity index (χ4v) is 1.70. The molecule has 1 rings (SSSR count). The van der Waals surface area contributed by atoms with E-state index in [-0.39, 0.29) is 11.7 Å². The topological polar surface area (TPSA) is 46.2 Å². The molecule has 0 spiro atoms. The van der Waals surface area contributed by atoms with Crippen LogP contribution in [0.4, 0.5) is 0 Å². The SMILES string of the molecule is CC[C@@](C)(NC(=O)CCc1ccccc1)C(C)=O. The number of amides is 1. The molecule has 0 bridgehead atoms. The first kappa shape index (κ1) is 14.4. The highest BCUT2D eigenvalue weighted by molar-refractivity contribution is 5.90. The lowest BCUT2D eigenvalue weighted by Crippen LogP contribution is -2.50. The maximum absolute atomic E-state index is 11.8. The minimum absolute atomic E-state index is 0.00180. The van der Waals surface area contributed by atoms with Gasteiger partial charge in [-0.25, -0.2) is 0 Å². The van der Waals surface area contributed by atoms with E-state index in [2.05, 4.69) is 5.32 Å². The van der Waals surface area contributed by atoms with Crippen LogP contribution in [0.15, 0.2) is 30.3 Å². The van der Waals surface area contributed by atoms with Crippen LogP contribution in [0.2, 0.25) is 0 Å². The molecule has 3 nitrogen and oxygen atoms in total. The first-order valence-electron chi connectivity index (χ1n) is 6.34. The van der Waals surface area contributed by atoms with Crippen molar-refractivity contribution in [3.8, 4) is 0 Å². The van der Waals surface area contributed by atoms with Crippen molar-refractivity contribution in [2.45, 2.75) is 45.6 Å². The molecule has 0 saturated carbocycles. The third-order valence-electron chi connectivity index (χ3n) is 3.38. The zero-order chi connectivity index (χ0) is 13.6. The Morgan fingerprint density at radius 2 is 1.83 bits per heavy atom. The van der Waals surface area contributed by atoms with Crippen molar-refractivity contribution in [2.24, 2.45) is 0 Å². The van der Waals surface area contributed by atoms with E-state index in [1.54, 1.807) is 6.92 Å². The zero-order valence-corrected chi connectivity index (χ0v) is 11.3. The van der Waals surface area contributed by atoms with E-state index in [9.17, 15) is 9.59 Å². The largest absolute Gasteiger partial charge is 0.344 e. The highest BCUT2D eigenvalue weighted by Gasteiger charge is 2.28. The number of nitrogens with one attached hydrogen (secondary N) is 1. The van der Waals surface area contributed by atoms with Gasteiger partial charge in [0.25, 0.3) is 0 Å². The molecule has 1 N–H and O–H groups in total. The Morgan fingerprint density at radius 3 is 2.33 bits per heavy atom. The summed E-state index contributed by atoms with van der Waals surface area (Å²) in [7, 11) is 0. The average molecular weight is 247 g/mol. The summed E-state index contributed by atoms with van der Waals surface area (Å²) in [4.78, 5) is 23.3. The Hall–Kier alpha value is -1.64. The number of carbonyl (C=O) groups is 2. The van der Waals surface area contributed by atoms with Crippen LogP contribution in [-0.2, 0) is 16.0 Å². The number of aryl methyl sites for hydroxylation is 1. The predicted octanol–water partition coefficient (Wildman–Crippen LogP) is 2.49. The van der Waals surface area contributed by atoms with Gasteiger partial charge in [0.05, 0.1) is 5.54 Å². The molecule has 0 aliphatic rings. The zero-order valence-electron chi connectivity index (χ0n) is 11.3. The molecule has 0 unspecified atom stereocenters. The highest BCUT2D eigenvalue weighted by Crippen LogP contribution is 2.11. The molecule has 0 fully saturated rings. The van der Waals surface area contributed by atoms with Gasteiger partial charge in [-0.2, -0.15) is 0 Å². The molecule has 1 atom stereocenters. The van der Waals surface area contributed by atoms with Gasteiger partial charge in [0, 0.05) is 6.42 Å². The molecular formula is C15H21NO2. The predicted molar refractivity (Wildman–Crippen MR) is 72.3 cm³/mol. The molecule has 0 aliphatic heterocycles. The average Bonchev–Trinajstić information content (AvgIpc) is 2.37. The van der Waals surface area contributed by atoms with Crippen molar-refractivity contribution in [3.63, 3.8) is 0 Å². The van der Waals surface area contributed by atoms with Crippen LogP contribution < -0.4 is 5.32 Å². The summed E-state index contributed by atoms with van der Waals surface area (Å²) in [5.74, 6) is -0.0727. The van der Waals surface area contributed by atoms with Crippen LogP contribution in [0.25, 0.3) is 0 Å². The second kappa shape index (κ2) is 6.34. The van der Waals surface area contributed by atoms with E-state index in [1.165, 1.54) is 6.92 Å². The number of carbonyl (C=O) groups excluding carboxylic acids is 2. The van der Waals surface area contributed by atoms with Crippen molar-refractivity contribution < 1.29 is 9.59 Å². The molecule has 1 aromatic rings. The molecule has 1 amide bonds. The van der Waals surface area contributed by atoms with Crippen LogP contribution in [0.3, 0.4) is 0 Å². The lowest BCUT2D eigenvalue weighted by molar-refractivity contribution is -0.130. The molecule has 0 radical (unpaired) electrons. The van der Waals surface area contributed by atoms with E-state index in [1.807, 2.05) is 37.3 Å². The van der Waals surface area contributed by atoms with Crippen LogP contribution in [-0.4, -0.2) is 17.2 Å². The summed E-state index contributed by atoms with van der Waals surface area (Å²) in [6.45, 7) is 5.19. The molecule has 0 aliphatic carbocycles. The Labute approximate surface area is 109 Å². The van der Waals surface area contributed by atoms with Gasteiger partial charge < -0.3 is 5.32 Å². The molecule has 98 valence electrons. The molecular weight excluding hydrogens is 226 g/mol. The molecule has 18 heavy (non-hydrogen) atoms. The highest BCUT2D eigenvalue weighted by atomic mass is 16.2. The number of Topliss-reactive ketones (excluding diaryl/α,β-unsaturated/α-hetero) is 1. The van der Waals surface area contributed by atoms with E-state index >= 15 is 0 Å². The number of benzene rings is 1. The summed E-state index contributed by atoms with van der Waals surface area (Å²) in [5, 5.41) is 2.82. The molecule has 0 aromatic heterocycles. The summed E-state index contributed by atoms with van der Waals surface area (Å²) in [6.07, 6.45) is 1.72. The second-order valence-electron chi connectivity index (χ2n) is 4.78. The first-order chi connectivity index (χ1) is 8.48. The maximum Gasteiger partial charge on any atom is 0.221 e. The molecule has 0 heterocycles. The Morgan fingerprint density at radius 1 is 1.22 bits per heavy atom. The van der Waals surface area contributed by atoms with E-state index in [0.29, 0.717) is 19.3 Å². The standard InChI is InChI=1S/C15H21NO2/c1-4-15(3,12(2)17)16-14(18)11-10-13-8-6-5-7-9-13/h5-9H,4,10-11H2,1-3H3,(H,16,18)/t15-/m1/s1. The van der Waals surface area contributed by atoms with E-state index in [4.69, 9.17) is 0 Å². The van der Waals surface area contributed by atoms with Crippen molar-refractivity contribution in [3.05, 3.63) is 35.9 Å². The summed E-state index contributed by atoms with van der Waals surface area (Å²) < 4.78 is 0. The fourth-order valence-electron chi connectivity index (χ4n) is 1.70. The van der Waals surface area contributed by atoms with E-state index in [0.717, 1.165) is 5.56 Å². The lowest BCUT2D eigenvalue weighted by atomic mass is 9.94. The number of hydrogen-bond acceptors (Lipinski definition) is 2. The van der Waals surface area contributed by atoms with Crippen LogP contribution in [0.1, 0.15) is 39.2 Å². The smallest absolute Gasteiger partial charge is 0.221 e. The van der Waals surface area contributed by atoms with Crippen molar-refractivity contribution in [2.75, 3.05) is 0 Å². The van der Waals surface area contributed by atoms with Gasteiger partial charge in [-0.15, -0.1) is 0 Å². The third-order valence-corrected chi connectivity index (χ3v) is 3.38. The maximum atomic E-state index is 11.8. The normalized spacial score (nSPS) is 13.7. The lowest BCUT2D eigenvalue weighted by Gasteiger charge is -2.26. The van der Waals surface area contributed by atoms with Crippen LogP contribution >= 0.6 is 0 Å². The fraction of sp³-hybridized carbons (Fsp3) is 0.467. The van der Waals surface area contributed by atoms with Gasteiger partial charge in [0.15, 0.2) is 5.78 Å². The molecule has 1 aromatic carbocycles. The van der Waals surface area contributed by atoms with E-state index < -0.39 is 5.54 Å². The van der Waals surface area contributed by atoms with Gasteiger partial charge >= 0.3 is 0 Å². The Bertz CT molecular complexity index is 414. The quantitative estimate of drug-likeness (QED) is 0.839. The number of hydrogen-bond donors (Lipinski definition) is 1. The second-order valence-corrected chi connectivity index (χ2v) is 4.78. The third kappa shape index (κ3) is 3.99. The monoisotopic (exact) mass is 247 g/mol. The summed E-state index contributed by atoms with van der Waals surface area (Å²) in [6, 6.07) is 9.86. The molecule has 3 heteroatoms. The van der Waals surface area contributed by atoms with Crippen LogP contribution in [0, 0.1) is 0 Å². The van der Waals surface area contributed by atoms with Gasteiger partial charge in [-0.1, -0.05) is 37.3 Å². The van der Waals surface area contributed by atoms with Gasteiger partial charge in [-0.05, 0) is 32.3 Å². The Balaban J connectivity index is 2.49. The van der Waals surface area contributed by atoms with Crippen molar-refractivity contribution in [1.82, 2.24) is 5.32 Å². The van der Waals surface area contributed by atoms with Crippen LogP contribution in [0.5, 0.6) is 0 Å².